The lowest BCUT2D eigenvalue weighted by molar-refractivity contribution is 0.692. The molecule has 0 aliphatic rings. The van der Waals surface area contributed by atoms with Gasteiger partial charge in [0.2, 0.25) is 0 Å². The van der Waals surface area contributed by atoms with Crippen molar-refractivity contribution in [2.75, 3.05) is 0 Å². The molecule has 0 aliphatic heterocycles. The average molecular weight is 112 g/mol. The molecule has 2 heteroatoms. The molecular formula is C6H12N2. The molecule has 0 aromatic carbocycles. The lowest BCUT2D eigenvalue weighted by Gasteiger charge is -1.94. The second kappa shape index (κ2) is 4.50. The van der Waals surface area contributed by atoms with E-state index in [1.54, 1.807) is 0 Å². The van der Waals surface area contributed by atoms with Gasteiger partial charge in [0, 0.05) is 0 Å². The summed E-state index contributed by atoms with van der Waals surface area (Å²) >= 11 is 0. The molecule has 0 bridgehead atoms. The maximum Gasteiger partial charge on any atom is 0.0712 e. The van der Waals surface area contributed by atoms with Crippen LogP contribution in [0.15, 0.2) is 17.3 Å². The maximum absolute atomic E-state index is 6.58. The van der Waals surface area contributed by atoms with Crippen molar-refractivity contribution in [2.45, 2.75) is 26.3 Å². The molecule has 1 unspecified atom stereocenters. The van der Waals surface area contributed by atoms with Gasteiger partial charge in [0.25, 0.3) is 0 Å². The molecule has 0 aromatic rings. The molecule has 2 nitrogen and oxygen atoms in total. The van der Waals surface area contributed by atoms with Crippen molar-refractivity contribution in [1.82, 2.24) is 0 Å². The minimum Gasteiger partial charge on any atom is -0.210 e. The SMILES string of the molecule is CC=CCC(C)N=N. The third-order valence-corrected chi connectivity index (χ3v) is 0.933. The van der Waals surface area contributed by atoms with Gasteiger partial charge in [-0.25, -0.2) is 5.53 Å². The molecule has 0 saturated carbocycles. The first-order chi connectivity index (χ1) is 3.81. The first-order valence-electron chi connectivity index (χ1n) is 2.79. The minimum absolute atomic E-state index is 0.159. The monoisotopic (exact) mass is 112 g/mol. The molecule has 0 aromatic heterocycles. The van der Waals surface area contributed by atoms with Crippen molar-refractivity contribution in [3.8, 4) is 0 Å². The van der Waals surface area contributed by atoms with Gasteiger partial charge >= 0.3 is 0 Å². The van der Waals surface area contributed by atoms with Crippen LogP contribution < -0.4 is 0 Å². The fourth-order valence-electron chi connectivity index (χ4n) is 0.386. The number of hydrogen-bond donors (Lipinski definition) is 1. The van der Waals surface area contributed by atoms with E-state index in [0.29, 0.717) is 0 Å². The Morgan fingerprint density at radius 2 is 2.38 bits per heavy atom. The van der Waals surface area contributed by atoms with Crippen LogP contribution in [0.4, 0.5) is 0 Å². The molecule has 0 saturated heterocycles. The van der Waals surface area contributed by atoms with Crippen LogP contribution in [0.25, 0.3) is 0 Å². The Bertz CT molecular complexity index is 86.5. The molecule has 8 heavy (non-hydrogen) atoms. The first kappa shape index (κ1) is 7.34. The van der Waals surface area contributed by atoms with Crippen LogP contribution in [0.3, 0.4) is 0 Å². The maximum atomic E-state index is 6.58. The van der Waals surface area contributed by atoms with Gasteiger partial charge in [-0.1, -0.05) is 12.2 Å². The summed E-state index contributed by atoms with van der Waals surface area (Å²) in [6.45, 7) is 3.89. The molecule has 46 valence electrons. The normalized spacial score (nSPS) is 14.2. The zero-order valence-electron chi connectivity index (χ0n) is 5.39. The molecule has 0 heterocycles. The number of rotatable bonds is 3. The predicted molar refractivity (Wildman–Crippen MR) is 34.0 cm³/mol. The summed E-state index contributed by atoms with van der Waals surface area (Å²) in [5.74, 6) is 0. The predicted octanol–water partition coefficient (Wildman–Crippen LogP) is 2.37. The molecule has 1 N–H and O–H groups in total. The summed E-state index contributed by atoms with van der Waals surface area (Å²) in [5, 5.41) is 3.32. The number of nitrogens with one attached hydrogen (secondary N) is 1. The van der Waals surface area contributed by atoms with E-state index in [1.165, 1.54) is 0 Å². The topological polar surface area (TPSA) is 36.2 Å². The zero-order valence-corrected chi connectivity index (χ0v) is 5.39. The Balaban J connectivity index is 3.23. The van der Waals surface area contributed by atoms with Gasteiger partial charge in [0.1, 0.15) is 0 Å². The van der Waals surface area contributed by atoms with Gasteiger partial charge in [-0.3, -0.25) is 0 Å². The van der Waals surface area contributed by atoms with E-state index >= 15 is 0 Å². The van der Waals surface area contributed by atoms with E-state index in [4.69, 9.17) is 5.53 Å². The highest BCUT2D eigenvalue weighted by Gasteiger charge is 1.90. The van der Waals surface area contributed by atoms with Crippen molar-refractivity contribution >= 4 is 0 Å². The molecule has 0 fully saturated rings. The largest absolute Gasteiger partial charge is 0.210 e. The third-order valence-electron chi connectivity index (χ3n) is 0.933. The van der Waals surface area contributed by atoms with Gasteiger partial charge in [-0.2, -0.15) is 5.11 Å². The molecular weight excluding hydrogens is 100 g/mol. The number of allylic oxidation sites excluding steroid dienone is 1. The molecule has 1 atom stereocenters. The highest BCUT2D eigenvalue weighted by molar-refractivity contribution is 4.80. The highest BCUT2D eigenvalue weighted by Crippen LogP contribution is 1.95. The Labute approximate surface area is 50.1 Å². The van der Waals surface area contributed by atoms with Gasteiger partial charge in [0.05, 0.1) is 6.04 Å². The van der Waals surface area contributed by atoms with E-state index in [0.717, 1.165) is 6.42 Å². The van der Waals surface area contributed by atoms with Crippen LogP contribution in [-0.2, 0) is 0 Å². The molecule has 0 radical (unpaired) electrons. The minimum atomic E-state index is 0.159. The highest BCUT2D eigenvalue weighted by atomic mass is 15.0. The standard InChI is InChI=1S/C6H12N2/c1-3-4-5-6(2)8-7/h3-4,6-7H,5H2,1-2H3. The number of hydrogen-bond acceptors (Lipinski definition) is 2. The second-order valence-corrected chi connectivity index (χ2v) is 1.78. The third kappa shape index (κ3) is 3.53. The molecule has 0 aliphatic carbocycles. The van der Waals surface area contributed by atoms with E-state index < -0.39 is 0 Å². The Kier molecular flexibility index (Phi) is 4.13. The van der Waals surface area contributed by atoms with E-state index in [2.05, 4.69) is 5.11 Å². The Morgan fingerprint density at radius 1 is 1.75 bits per heavy atom. The van der Waals surface area contributed by atoms with Crippen LogP contribution in [-0.4, -0.2) is 6.04 Å². The zero-order chi connectivity index (χ0) is 6.41. The van der Waals surface area contributed by atoms with E-state index in [9.17, 15) is 0 Å². The summed E-state index contributed by atoms with van der Waals surface area (Å²) in [6.07, 6.45) is 4.88. The second-order valence-electron chi connectivity index (χ2n) is 1.78. The fourth-order valence-corrected chi connectivity index (χ4v) is 0.386. The first-order valence-corrected chi connectivity index (χ1v) is 2.79. The van der Waals surface area contributed by atoms with Crippen molar-refractivity contribution in [1.29, 1.82) is 5.53 Å². The number of nitrogens with zero attached hydrogens (tertiary/aromatic N) is 1. The van der Waals surface area contributed by atoms with Crippen molar-refractivity contribution in [2.24, 2.45) is 5.11 Å². The van der Waals surface area contributed by atoms with Crippen LogP contribution in [0.1, 0.15) is 20.3 Å². The summed E-state index contributed by atoms with van der Waals surface area (Å²) in [6, 6.07) is 0.159. The summed E-state index contributed by atoms with van der Waals surface area (Å²) in [7, 11) is 0. The average Bonchev–Trinajstić information content (AvgIpc) is 1.83. The van der Waals surface area contributed by atoms with Crippen LogP contribution in [0.2, 0.25) is 0 Å². The van der Waals surface area contributed by atoms with Gasteiger partial charge in [0.15, 0.2) is 0 Å². The lowest BCUT2D eigenvalue weighted by Crippen LogP contribution is -1.91. The van der Waals surface area contributed by atoms with Crippen LogP contribution in [0, 0.1) is 5.53 Å². The lowest BCUT2D eigenvalue weighted by atomic mass is 10.2. The van der Waals surface area contributed by atoms with Gasteiger partial charge in [-0.15, -0.1) is 0 Å². The van der Waals surface area contributed by atoms with Crippen molar-refractivity contribution in [3.05, 3.63) is 12.2 Å². The molecule has 0 spiro atoms. The van der Waals surface area contributed by atoms with E-state index in [-0.39, 0.29) is 6.04 Å². The summed E-state index contributed by atoms with van der Waals surface area (Å²) in [4.78, 5) is 0. The van der Waals surface area contributed by atoms with Crippen molar-refractivity contribution in [3.63, 3.8) is 0 Å². The smallest absolute Gasteiger partial charge is 0.0712 e. The Hall–Kier alpha value is -0.660. The summed E-state index contributed by atoms with van der Waals surface area (Å²) < 4.78 is 0. The van der Waals surface area contributed by atoms with E-state index in [1.807, 2.05) is 26.0 Å². The Morgan fingerprint density at radius 3 is 2.75 bits per heavy atom. The van der Waals surface area contributed by atoms with Crippen LogP contribution in [0.5, 0.6) is 0 Å². The van der Waals surface area contributed by atoms with Gasteiger partial charge < -0.3 is 0 Å². The van der Waals surface area contributed by atoms with Crippen LogP contribution >= 0.6 is 0 Å². The van der Waals surface area contributed by atoms with Crippen molar-refractivity contribution < 1.29 is 0 Å². The fraction of sp³-hybridized carbons (Fsp3) is 0.667. The van der Waals surface area contributed by atoms with Gasteiger partial charge in [-0.05, 0) is 20.3 Å². The quantitative estimate of drug-likeness (QED) is 0.430. The summed E-state index contributed by atoms with van der Waals surface area (Å²) in [5.41, 5.74) is 6.58. The molecule has 0 rings (SSSR count). The molecule has 0 amide bonds.